The molecular weight excluding hydrogens is 184 g/mol. The monoisotopic (exact) mass is 208 g/mol. The molecule has 0 radical (unpaired) electrons. The van der Waals surface area contributed by atoms with E-state index in [9.17, 15) is 5.11 Å². The first-order valence-corrected chi connectivity index (χ1v) is 6.89. The highest BCUT2D eigenvalue weighted by Gasteiger charge is 2.61. The molecule has 0 saturated heterocycles. The van der Waals surface area contributed by atoms with E-state index in [1.54, 1.807) is 0 Å². The molecule has 6 unspecified atom stereocenters. The van der Waals surface area contributed by atoms with Crippen LogP contribution >= 0.6 is 0 Å². The molecule has 2 bridgehead atoms. The van der Waals surface area contributed by atoms with Crippen LogP contribution in [-0.2, 0) is 0 Å². The van der Waals surface area contributed by atoms with Gasteiger partial charge in [0.15, 0.2) is 0 Å². The van der Waals surface area contributed by atoms with Crippen LogP contribution in [0.5, 0.6) is 0 Å². The predicted molar refractivity (Wildman–Crippen MR) is 61.4 cm³/mol. The van der Waals surface area contributed by atoms with Crippen LogP contribution in [0.25, 0.3) is 0 Å². The van der Waals surface area contributed by atoms with Gasteiger partial charge in [0, 0.05) is 0 Å². The van der Waals surface area contributed by atoms with Gasteiger partial charge in [-0.25, -0.2) is 0 Å². The maximum atomic E-state index is 10.9. The average Bonchev–Trinajstić information content (AvgIpc) is 2.85. The minimum absolute atomic E-state index is 0.287. The highest BCUT2D eigenvalue weighted by molar-refractivity contribution is 5.11. The third-order valence-corrected chi connectivity index (χ3v) is 6.00. The normalized spacial score (nSPS) is 54.6. The Morgan fingerprint density at radius 2 is 2.07 bits per heavy atom. The van der Waals surface area contributed by atoms with Gasteiger partial charge in [-0.2, -0.15) is 0 Å². The molecule has 3 aliphatic rings. The van der Waals surface area contributed by atoms with Crippen LogP contribution in [-0.4, -0.2) is 10.7 Å². The fourth-order valence-electron chi connectivity index (χ4n) is 5.08. The minimum atomic E-state index is -0.287. The van der Waals surface area contributed by atoms with E-state index in [2.05, 4.69) is 13.8 Å². The lowest BCUT2D eigenvalue weighted by molar-refractivity contribution is -0.0865. The number of aliphatic hydroxyl groups is 1. The van der Waals surface area contributed by atoms with Gasteiger partial charge in [-0.05, 0) is 55.3 Å². The van der Waals surface area contributed by atoms with Crippen molar-refractivity contribution < 1.29 is 5.11 Å². The Hall–Kier alpha value is -0.0400. The summed E-state index contributed by atoms with van der Waals surface area (Å²) in [7, 11) is 0. The van der Waals surface area contributed by atoms with Gasteiger partial charge in [-0.1, -0.05) is 26.7 Å². The van der Waals surface area contributed by atoms with E-state index in [0.29, 0.717) is 11.8 Å². The van der Waals surface area contributed by atoms with Crippen molar-refractivity contribution in [2.75, 3.05) is 0 Å². The van der Waals surface area contributed by atoms with Crippen LogP contribution in [0.4, 0.5) is 0 Å². The van der Waals surface area contributed by atoms with Crippen molar-refractivity contribution >= 4 is 0 Å². The number of rotatable bonds is 2. The summed E-state index contributed by atoms with van der Waals surface area (Å²) in [4.78, 5) is 0. The van der Waals surface area contributed by atoms with Crippen LogP contribution in [0.1, 0.15) is 52.4 Å². The molecule has 15 heavy (non-hydrogen) atoms. The van der Waals surface area contributed by atoms with Crippen molar-refractivity contribution in [1.29, 1.82) is 0 Å². The van der Waals surface area contributed by atoms with E-state index in [4.69, 9.17) is 0 Å². The molecule has 0 spiro atoms. The smallest absolute Gasteiger partial charge is 0.0706 e. The van der Waals surface area contributed by atoms with Gasteiger partial charge in [-0.3, -0.25) is 0 Å². The van der Waals surface area contributed by atoms with Crippen LogP contribution in [0.2, 0.25) is 0 Å². The molecule has 3 fully saturated rings. The minimum Gasteiger partial charge on any atom is -0.389 e. The number of fused-ring (bicyclic) bond motifs is 5. The maximum Gasteiger partial charge on any atom is 0.0706 e. The van der Waals surface area contributed by atoms with E-state index in [1.807, 2.05) is 0 Å². The van der Waals surface area contributed by atoms with Crippen LogP contribution in [0.3, 0.4) is 0 Å². The largest absolute Gasteiger partial charge is 0.389 e. The quantitative estimate of drug-likeness (QED) is 0.738. The molecule has 0 aromatic heterocycles. The van der Waals surface area contributed by atoms with Gasteiger partial charge < -0.3 is 5.11 Å². The van der Waals surface area contributed by atoms with E-state index in [-0.39, 0.29) is 5.60 Å². The van der Waals surface area contributed by atoms with Crippen LogP contribution in [0, 0.1) is 29.6 Å². The number of hydrogen-bond donors (Lipinski definition) is 1. The molecule has 3 saturated carbocycles. The fraction of sp³-hybridized carbons (Fsp3) is 1.00. The number of hydrogen-bond acceptors (Lipinski definition) is 1. The third kappa shape index (κ3) is 1.19. The second-order valence-corrected chi connectivity index (χ2v) is 6.37. The van der Waals surface area contributed by atoms with Gasteiger partial charge in [-0.15, -0.1) is 0 Å². The summed E-state index contributed by atoms with van der Waals surface area (Å²) in [5.41, 5.74) is -0.287. The Bertz CT molecular complexity index is 262. The van der Waals surface area contributed by atoms with Gasteiger partial charge in [0.1, 0.15) is 0 Å². The second kappa shape index (κ2) is 3.23. The summed E-state index contributed by atoms with van der Waals surface area (Å²) in [5, 5.41) is 10.9. The Morgan fingerprint density at radius 3 is 2.80 bits per heavy atom. The Morgan fingerprint density at radius 1 is 1.33 bits per heavy atom. The molecule has 3 rings (SSSR count). The van der Waals surface area contributed by atoms with Gasteiger partial charge >= 0.3 is 0 Å². The molecule has 3 aliphatic carbocycles. The molecule has 6 atom stereocenters. The van der Waals surface area contributed by atoms with E-state index in [0.717, 1.165) is 30.6 Å². The summed E-state index contributed by atoms with van der Waals surface area (Å²) < 4.78 is 0. The van der Waals surface area contributed by atoms with Gasteiger partial charge in [0.25, 0.3) is 0 Å². The van der Waals surface area contributed by atoms with Crippen molar-refractivity contribution in [2.24, 2.45) is 29.6 Å². The molecule has 86 valence electrons. The second-order valence-electron chi connectivity index (χ2n) is 6.37. The fourth-order valence-corrected chi connectivity index (χ4v) is 5.08. The first-order valence-electron chi connectivity index (χ1n) is 6.89. The van der Waals surface area contributed by atoms with Crippen LogP contribution < -0.4 is 0 Å². The summed E-state index contributed by atoms with van der Waals surface area (Å²) in [6, 6.07) is 0. The van der Waals surface area contributed by atoms with Gasteiger partial charge in [0.05, 0.1) is 5.60 Å². The summed E-state index contributed by atoms with van der Waals surface area (Å²) in [6.07, 6.45) is 7.90. The lowest BCUT2D eigenvalue weighted by atomic mass is 9.67. The molecule has 0 aromatic carbocycles. The molecule has 0 aliphatic heterocycles. The van der Waals surface area contributed by atoms with Crippen molar-refractivity contribution in [2.45, 2.75) is 58.0 Å². The highest BCUT2D eigenvalue weighted by Crippen LogP contribution is 2.64. The molecule has 1 N–H and O–H groups in total. The predicted octanol–water partition coefficient (Wildman–Crippen LogP) is 3.22. The average molecular weight is 208 g/mol. The molecule has 0 amide bonds. The molecule has 0 heterocycles. The first-order chi connectivity index (χ1) is 7.16. The topological polar surface area (TPSA) is 20.2 Å². The molecule has 1 heteroatoms. The Labute approximate surface area is 93.3 Å². The van der Waals surface area contributed by atoms with E-state index >= 15 is 0 Å². The lowest BCUT2D eigenvalue weighted by Gasteiger charge is -2.42. The van der Waals surface area contributed by atoms with E-state index < -0.39 is 0 Å². The SMILES string of the molecule is CCC(C)C1(O)CC2CC1C1CCCC21. The zero-order valence-corrected chi connectivity index (χ0v) is 10.1. The first kappa shape index (κ1) is 10.1. The Kier molecular flexibility index (Phi) is 2.18. The molecular formula is C14H24O. The van der Waals surface area contributed by atoms with Crippen molar-refractivity contribution in [1.82, 2.24) is 0 Å². The standard InChI is InChI=1S/C14H24O/c1-3-9(2)14(15)8-10-7-13(14)12-6-4-5-11(10)12/h9-13,15H,3-8H2,1-2H3. The van der Waals surface area contributed by atoms with Crippen molar-refractivity contribution in [3.05, 3.63) is 0 Å². The third-order valence-electron chi connectivity index (χ3n) is 6.00. The Balaban J connectivity index is 1.86. The summed E-state index contributed by atoms with van der Waals surface area (Å²) in [6.45, 7) is 4.48. The summed E-state index contributed by atoms with van der Waals surface area (Å²) in [5.74, 6) is 3.93. The lowest BCUT2D eigenvalue weighted by Crippen LogP contribution is -2.46. The molecule has 1 nitrogen and oxygen atoms in total. The summed E-state index contributed by atoms with van der Waals surface area (Å²) >= 11 is 0. The highest BCUT2D eigenvalue weighted by atomic mass is 16.3. The van der Waals surface area contributed by atoms with Crippen molar-refractivity contribution in [3.8, 4) is 0 Å². The zero-order valence-electron chi connectivity index (χ0n) is 10.1. The van der Waals surface area contributed by atoms with Crippen molar-refractivity contribution in [3.63, 3.8) is 0 Å². The van der Waals surface area contributed by atoms with Crippen LogP contribution in [0.15, 0.2) is 0 Å². The zero-order chi connectivity index (χ0) is 10.6. The maximum absolute atomic E-state index is 10.9. The van der Waals surface area contributed by atoms with E-state index in [1.165, 1.54) is 25.7 Å². The van der Waals surface area contributed by atoms with Gasteiger partial charge in [0.2, 0.25) is 0 Å². The molecule has 0 aromatic rings.